The second-order valence-electron chi connectivity index (χ2n) is 8.45. The van der Waals surface area contributed by atoms with Gasteiger partial charge in [-0.25, -0.2) is 4.98 Å². The maximum atomic E-state index is 13.5. The van der Waals surface area contributed by atoms with Crippen LogP contribution in [-0.2, 0) is 24.2 Å². The molecule has 0 fully saturated rings. The van der Waals surface area contributed by atoms with Crippen molar-refractivity contribution in [3.8, 4) is 11.5 Å². The fourth-order valence-electron chi connectivity index (χ4n) is 4.35. The summed E-state index contributed by atoms with van der Waals surface area (Å²) in [5.41, 5.74) is 1.77. The highest BCUT2D eigenvalue weighted by Crippen LogP contribution is 2.35. The van der Waals surface area contributed by atoms with Crippen molar-refractivity contribution in [3.63, 3.8) is 0 Å². The molecule has 2 aromatic heterocycles. The zero-order chi connectivity index (χ0) is 23.7. The summed E-state index contributed by atoms with van der Waals surface area (Å²) in [7, 11) is 0. The van der Waals surface area contributed by atoms with Crippen molar-refractivity contribution in [1.82, 2.24) is 9.55 Å². The molecule has 0 spiro atoms. The summed E-state index contributed by atoms with van der Waals surface area (Å²) in [6.07, 6.45) is 7.09. The third kappa shape index (κ3) is 4.46. The van der Waals surface area contributed by atoms with Crippen molar-refractivity contribution < 1.29 is 14.3 Å². The van der Waals surface area contributed by atoms with Gasteiger partial charge in [0.15, 0.2) is 16.7 Å². The molecule has 178 valence electrons. The molecule has 0 bridgehead atoms. The number of nitrogens with one attached hydrogen (secondary N) is 1. The second-order valence-corrected chi connectivity index (χ2v) is 10.8. The highest BCUT2D eigenvalue weighted by atomic mass is 32.2. The number of aromatic nitrogens is 2. The Balaban J connectivity index is 1.41. The Morgan fingerprint density at radius 2 is 2.06 bits per heavy atom. The van der Waals surface area contributed by atoms with Crippen LogP contribution in [0.15, 0.2) is 40.8 Å². The number of thioether (sulfide) groups is 1. The fourth-order valence-corrected chi connectivity index (χ4v) is 6.57. The maximum Gasteiger partial charge on any atom is 0.263 e. The molecule has 0 saturated heterocycles. The number of fused-ring (bicyclic) bond motifs is 4. The first-order chi connectivity index (χ1) is 16.5. The molecule has 1 atom stereocenters. The Labute approximate surface area is 206 Å². The number of rotatable bonds is 6. The number of aryl methyl sites for hydroxylation is 2. The van der Waals surface area contributed by atoms with Crippen LogP contribution in [0.1, 0.15) is 36.6 Å². The maximum absolute atomic E-state index is 13.5. The third-order valence-corrected chi connectivity index (χ3v) is 8.34. The number of benzene rings is 1. The number of carbonyl (C=O) groups is 1. The zero-order valence-electron chi connectivity index (χ0n) is 19.1. The van der Waals surface area contributed by atoms with Crippen LogP contribution >= 0.6 is 23.1 Å². The first-order valence-corrected chi connectivity index (χ1v) is 13.3. The second kappa shape index (κ2) is 9.84. The minimum Gasteiger partial charge on any atom is -0.486 e. The topological polar surface area (TPSA) is 82.5 Å². The van der Waals surface area contributed by atoms with E-state index in [1.807, 2.05) is 6.92 Å². The molecule has 1 aliphatic heterocycles. The average molecular weight is 498 g/mol. The Hall–Kier alpha value is -2.78. The minimum absolute atomic E-state index is 0.0359. The minimum atomic E-state index is -0.466. The van der Waals surface area contributed by atoms with Crippen molar-refractivity contribution in [1.29, 1.82) is 0 Å². The van der Waals surface area contributed by atoms with Gasteiger partial charge in [-0.2, -0.15) is 0 Å². The summed E-state index contributed by atoms with van der Waals surface area (Å²) in [6.45, 7) is 6.99. The van der Waals surface area contributed by atoms with Gasteiger partial charge in [0.05, 0.1) is 10.6 Å². The largest absolute Gasteiger partial charge is 0.486 e. The summed E-state index contributed by atoms with van der Waals surface area (Å²) in [4.78, 5) is 33.4. The van der Waals surface area contributed by atoms with Crippen LogP contribution < -0.4 is 20.3 Å². The number of nitrogens with zero attached hydrogens (tertiary/aromatic N) is 2. The summed E-state index contributed by atoms with van der Waals surface area (Å²) in [5.74, 6) is 1.11. The highest BCUT2D eigenvalue weighted by Gasteiger charge is 2.24. The molecule has 1 amide bonds. The van der Waals surface area contributed by atoms with E-state index in [0.29, 0.717) is 42.1 Å². The van der Waals surface area contributed by atoms with E-state index in [4.69, 9.17) is 14.5 Å². The number of carbonyl (C=O) groups excluding carboxylic acids is 1. The summed E-state index contributed by atoms with van der Waals surface area (Å²) < 4.78 is 12.8. The normalized spacial score (nSPS) is 15.9. The van der Waals surface area contributed by atoms with Crippen LogP contribution in [0.4, 0.5) is 5.69 Å². The Bertz CT molecular complexity index is 1310. The highest BCUT2D eigenvalue weighted by molar-refractivity contribution is 8.00. The predicted molar refractivity (Wildman–Crippen MR) is 137 cm³/mol. The molecule has 1 unspecified atom stereocenters. The van der Waals surface area contributed by atoms with Gasteiger partial charge >= 0.3 is 0 Å². The van der Waals surface area contributed by atoms with Crippen molar-refractivity contribution in [2.24, 2.45) is 0 Å². The van der Waals surface area contributed by atoms with Gasteiger partial charge in [0.1, 0.15) is 18.0 Å². The van der Waals surface area contributed by atoms with E-state index in [-0.39, 0.29) is 11.5 Å². The van der Waals surface area contributed by atoms with E-state index in [1.54, 1.807) is 40.2 Å². The van der Waals surface area contributed by atoms with E-state index in [9.17, 15) is 9.59 Å². The van der Waals surface area contributed by atoms with Gasteiger partial charge in [0, 0.05) is 23.2 Å². The lowest BCUT2D eigenvalue weighted by atomic mass is 10.1. The van der Waals surface area contributed by atoms with E-state index < -0.39 is 5.25 Å². The number of hydrogen-bond acceptors (Lipinski definition) is 7. The molecular formula is C25H27N3O4S2. The average Bonchev–Trinajstić information content (AvgIpc) is 3.02. The lowest BCUT2D eigenvalue weighted by molar-refractivity contribution is -0.115. The van der Waals surface area contributed by atoms with Gasteiger partial charge in [-0.1, -0.05) is 24.3 Å². The van der Waals surface area contributed by atoms with Gasteiger partial charge in [0.2, 0.25) is 5.91 Å². The summed E-state index contributed by atoms with van der Waals surface area (Å²) in [6, 6.07) is 5.35. The molecule has 3 aromatic rings. The molecule has 5 rings (SSSR count). The van der Waals surface area contributed by atoms with Gasteiger partial charge in [0.25, 0.3) is 5.56 Å². The lowest BCUT2D eigenvalue weighted by Crippen LogP contribution is -2.27. The molecule has 1 aliphatic carbocycles. The fraction of sp³-hybridized carbons (Fsp3) is 0.400. The van der Waals surface area contributed by atoms with E-state index in [2.05, 4.69) is 11.9 Å². The number of hydrogen-bond donors (Lipinski definition) is 1. The van der Waals surface area contributed by atoms with Crippen LogP contribution in [0.25, 0.3) is 10.2 Å². The smallest absolute Gasteiger partial charge is 0.263 e. The molecule has 1 aromatic carbocycles. The van der Waals surface area contributed by atoms with Gasteiger partial charge in [-0.3, -0.25) is 14.2 Å². The van der Waals surface area contributed by atoms with Crippen molar-refractivity contribution in [3.05, 3.63) is 51.6 Å². The molecule has 34 heavy (non-hydrogen) atoms. The van der Waals surface area contributed by atoms with Crippen molar-refractivity contribution in [2.75, 3.05) is 18.5 Å². The van der Waals surface area contributed by atoms with E-state index in [0.717, 1.165) is 35.9 Å². The molecule has 9 heteroatoms. The Morgan fingerprint density at radius 3 is 2.88 bits per heavy atom. The molecule has 2 aliphatic rings. The lowest BCUT2D eigenvalue weighted by Gasteiger charge is -2.19. The molecule has 7 nitrogen and oxygen atoms in total. The number of amides is 1. The Kier molecular flexibility index (Phi) is 6.65. The molecule has 3 heterocycles. The van der Waals surface area contributed by atoms with E-state index >= 15 is 0 Å². The van der Waals surface area contributed by atoms with Crippen LogP contribution in [-0.4, -0.2) is 33.9 Å². The van der Waals surface area contributed by atoms with Crippen LogP contribution in [0.3, 0.4) is 0 Å². The first kappa shape index (κ1) is 23.0. The summed E-state index contributed by atoms with van der Waals surface area (Å²) in [5, 5.41) is 3.76. The van der Waals surface area contributed by atoms with Crippen molar-refractivity contribution in [2.45, 2.75) is 56.0 Å². The molecular weight excluding hydrogens is 470 g/mol. The number of ether oxygens (including phenoxy) is 2. The first-order valence-electron chi connectivity index (χ1n) is 11.6. The monoisotopic (exact) mass is 497 g/mol. The van der Waals surface area contributed by atoms with Crippen molar-refractivity contribution >= 4 is 44.9 Å². The van der Waals surface area contributed by atoms with Crippen LogP contribution in [0.2, 0.25) is 0 Å². The van der Waals surface area contributed by atoms with Crippen LogP contribution in [0.5, 0.6) is 11.5 Å². The zero-order valence-corrected chi connectivity index (χ0v) is 20.7. The SMILES string of the molecule is C=CCn1c(SC(C)C(=O)Nc2ccc3c(c2)OCCO3)nc2sc3c(c2c1=O)CCCCC3. The summed E-state index contributed by atoms with van der Waals surface area (Å²) >= 11 is 2.92. The Morgan fingerprint density at radius 1 is 1.26 bits per heavy atom. The van der Waals surface area contributed by atoms with Gasteiger partial charge in [-0.15, -0.1) is 17.9 Å². The number of anilines is 1. The van der Waals surface area contributed by atoms with E-state index in [1.165, 1.54) is 28.6 Å². The standard InChI is InChI=1S/C25H27N3O4S2/c1-3-11-28-24(30)21-17-7-5-4-6-8-20(17)34-23(21)27-25(28)33-15(2)22(29)26-16-9-10-18-19(14-16)32-13-12-31-18/h3,9-10,14-15H,1,4-8,11-13H2,2H3,(H,26,29). The number of allylic oxidation sites excluding steroid dienone is 1. The third-order valence-electron chi connectivity index (χ3n) is 6.06. The molecule has 1 N–H and O–H groups in total. The molecule has 0 saturated carbocycles. The van der Waals surface area contributed by atoms with Crippen LogP contribution in [0, 0.1) is 0 Å². The predicted octanol–water partition coefficient (Wildman–Crippen LogP) is 4.80. The quantitative estimate of drug-likeness (QED) is 0.228. The molecule has 0 radical (unpaired) electrons. The number of thiophene rings is 1. The van der Waals surface area contributed by atoms with Gasteiger partial charge < -0.3 is 14.8 Å². The van der Waals surface area contributed by atoms with Gasteiger partial charge in [-0.05, 0) is 50.3 Å².